The molecule has 1 N–H and O–H groups in total. The molecule has 0 aliphatic carbocycles. The fraction of sp³-hybridized carbons (Fsp3) is 0.227. The maximum Gasteiger partial charge on any atom is 0.223 e. The Labute approximate surface area is 159 Å². The molecule has 5 heteroatoms. The number of hydrogen-bond acceptors (Lipinski definition) is 4. The van der Waals surface area contributed by atoms with E-state index in [0.717, 1.165) is 0 Å². The normalized spacial score (nSPS) is 14.0. The summed E-state index contributed by atoms with van der Waals surface area (Å²) in [5.41, 5.74) is 2.34. The number of benzene rings is 2. The first-order chi connectivity index (χ1) is 13.3. The second-order valence-corrected chi connectivity index (χ2v) is 6.79. The van der Waals surface area contributed by atoms with Gasteiger partial charge in [0, 0.05) is 37.8 Å². The first kappa shape index (κ1) is 17.2. The highest BCUT2D eigenvalue weighted by atomic mass is 16.2. The Morgan fingerprint density at radius 3 is 2.04 bits per heavy atom. The summed E-state index contributed by atoms with van der Waals surface area (Å²) in [7, 11) is 0. The molecule has 3 aromatic rings. The number of likely N-dealkylation sites (tertiary alicyclic amines) is 1. The van der Waals surface area contributed by atoms with Gasteiger partial charge >= 0.3 is 0 Å². The lowest BCUT2D eigenvalue weighted by Crippen LogP contribution is -2.57. The Morgan fingerprint density at radius 2 is 1.48 bits per heavy atom. The standard InChI is InChI=1S/C22H22N4O/c27-21(26-15-19(16-26)25-22-23-12-7-13-24-22)14-20(17-8-3-1-4-9-17)18-10-5-2-6-11-18/h1-13,19-20H,14-16H2,(H,23,24,25). The van der Waals surface area contributed by atoms with Crippen LogP contribution in [0, 0.1) is 0 Å². The number of nitrogens with one attached hydrogen (secondary N) is 1. The van der Waals surface area contributed by atoms with Crippen LogP contribution in [0.15, 0.2) is 79.1 Å². The maximum atomic E-state index is 12.8. The summed E-state index contributed by atoms with van der Waals surface area (Å²) >= 11 is 0. The molecule has 1 saturated heterocycles. The van der Waals surface area contributed by atoms with Crippen molar-refractivity contribution < 1.29 is 4.79 Å². The van der Waals surface area contributed by atoms with Crippen molar-refractivity contribution in [3.8, 4) is 0 Å². The van der Waals surface area contributed by atoms with E-state index in [1.807, 2.05) is 41.3 Å². The van der Waals surface area contributed by atoms with E-state index >= 15 is 0 Å². The number of hydrogen-bond donors (Lipinski definition) is 1. The molecule has 4 rings (SSSR count). The summed E-state index contributed by atoms with van der Waals surface area (Å²) in [5.74, 6) is 0.866. The highest BCUT2D eigenvalue weighted by Gasteiger charge is 2.32. The molecule has 0 radical (unpaired) electrons. The molecule has 0 spiro atoms. The quantitative estimate of drug-likeness (QED) is 0.734. The van der Waals surface area contributed by atoms with Crippen molar-refractivity contribution >= 4 is 11.9 Å². The van der Waals surface area contributed by atoms with E-state index in [1.165, 1.54) is 11.1 Å². The van der Waals surface area contributed by atoms with Crippen LogP contribution in [0.25, 0.3) is 0 Å². The molecule has 0 saturated carbocycles. The van der Waals surface area contributed by atoms with Crippen LogP contribution in [0.3, 0.4) is 0 Å². The van der Waals surface area contributed by atoms with Crippen LogP contribution in [-0.2, 0) is 4.79 Å². The summed E-state index contributed by atoms with van der Waals surface area (Å²) in [6, 6.07) is 22.5. The maximum absolute atomic E-state index is 12.8. The number of aromatic nitrogens is 2. The van der Waals surface area contributed by atoms with E-state index in [0.29, 0.717) is 25.5 Å². The summed E-state index contributed by atoms with van der Waals surface area (Å²) in [6.07, 6.45) is 3.89. The first-order valence-corrected chi connectivity index (χ1v) is 9.21. The molecule has 1 aliphatic heterocycles. The topological polar surface area (TPSA) is 58.1 Å². The van der Waals surface area contributed by atoms with Crippen LogP contribution in [-0.4, -0.2) is 39.9 Å². The number of amides is 1. The Kier molecular flexibility index (Phi) is 5.10. The van der Waals surface area contributed by atoms with E-state index in [-0.39, 0.29) is 17.9 Å². The Morgan fingerprint density at radius 1 is 0.926 bits per heavy atom. The summed E-state index contributed by atoms with van der Waals surface area (Å²) in [6.45, 7) is 1.38. The second kappa shape index (κ2) is 7.99. The van der Waals surface area contributed by atoms with Crippen molar-refractivity contribution in [2.75, 3.05) is 18.4 Å². The molecule has 1 aromatic heterocycles. The molecule has 0 atom stereocenters. The van der Waals surface area contributed by atoms with Crippen LogP contribution in [0.1, 0.15) is 23.5 Å². The van der Waals surface area contributed by atoms with Gasteiger partial charge in [0.25, 0.3) is 0 Å². The lowest BCUT2D eigenvalue weighted by Gasteiger charge is -2.40. The molecule has 1 fully saturated rings. The number of anilines is 1. The van der Waals surface area contributed by atoms with Crippen LogP contribution in [0.4, 0.5) is 5.95 Å². The van der Waals surface area contributed by atoms with Crippen molar-refractivity contribution in [2.45, 2.75) is 18.4 Å². The van der Waals surface area contributed by atoms with Gasteiger partial charge in [0.15, 0.2) is 0 Å². The average molecular weight is 358 g/mol. The number of carbonyl (C=O) groups is 1. The molecule has 27 heavy (non-hydrogen) atoms. The summed E-state index contributed by atoms with van der Waals surface area (Å²) < 4.78 is 0. The van der Waals surface area contributed by atoms with E-state index in [2.05, 4.69) is 39.6 Å². The smallest absolute Gasteiger partial charge is 0.223 e. The highest BCUT2D eigenvalue weighted by Crippen LogP contribution is 2.29. The van der Waals surface area contributed by atoms with Crippen LogP contribution in [0.5, 0.6) is 0 Å². The van der Waals surface area contributed by atoms with Gasteiger partial charge in [-0.2, -0.15) is 0 Å². The molecular formula is C22H22N4O. The number of nitrogens with zero attached hydrogens (tertiary/aromatic N) is 3. The molecule has 2 heterocycles. The summed E-state index contributed by atoms with van der Waals surface area (Å²) in [4.78, 5) is 23.1. The largest absolute Gasteiger partial charge is 0.348 e. The van der Waals surface area contributed by atoms with E-state index in [4.69, 9.17) is 0 Å². The van der Waals surface area contributed by atoms with Crippen LogP contribution >= 0.6 is 0 Å². The van der Waals surface area contributed by atoms with Gasteiger partial charge in [0.1, 0.15) is 0 Å². The predicted octanol–water partition coefficient (Wildman–Crippen LogP) is 3.32. The second-order valence-electron chi connectivity index (χ2n) is 6.79. The fourth-order valence-electron chi connectivity index (χ4n) is 3.43. The highest BCUT2D eigenvalue weighted by molar-refractivity contribution is 5.79. The van der Waals surface area contributed by atoms with Gasteiger partial charge < -0.3 is 10.2 Å². The minimum Gasteiger partial charge on any atom is -0.348 e. The van der Waals surface area contributed by atoms with Gasteiger partial charge in [0.2, 0.25) is 11.9 Å². The SMILES string of the molecule is O=C(CC(c1ccccc1)c1ccccc1)N1CC(Nc2ncccn2)C1. The fourth-order valence-corrected chi connectivity index (χ4v) is 3.43. The Bertz CT molecular complexity index is 825. The lowest BCUT2D eigenvalue weighted by molar-refractivity contribution is -0.135. The minimum absolute atomic E-state index is 0.0735. The van der Waals surface area contributed by atoms with Gasteiger partial charge in [-0.05, 0) is 17.2 Å². The zero-order chi connectivity index (χ0) is 18.5. The van der Waals surface area contributed by atoms with E-state index < -0.39 is 0 Å². The molecule has 2 aromatic carbocycles. The lowest BCUT2D eigenvalue weighted by atomic mass is 9.87. The molecule has 1 aliphatic rings. The third-order valence-corrected chi connectivity index (χ3v) is 4.92. The van der Waals surface area contributed by atoms with Gasteiger partial charge in [-0.3, -0.25) is 4.79 Å². The Hall–Kier alpha value is -3.21. The van der Waals surface area contributed by atoms with Crippen LogP contribution in [0.2, 0.25) is 0 Å². The average Bonchev–Trinajstić information content (AvgIpc) is 2.70. The van der Waals surface area contributed by atoms with Gasteiger partial charge in [-0.1, -0.05) is 60.7 Å². The molecular weight excluding hydrogens is 336 g/mol. The zero-order valence-corrected chi connectivity index (χ0v) is 15.0. The van der Waals surface area contributed by atoms with E-state index in [1.54, 1.807) is 18.5 Å². The van der Waals surface area contributed by atoms with Gasteiger partial charge in [-0.25, -0.2) is 9.97 Å². The monoisotopic (exact) mass is 358 g/mol. The third-order valence-electron chi connectivity index (χ3n) is 4.92. The zero-order valence-electron chi connectivity index (χ0n) is 15.0. The van der Waals surface area contributed by atoms with Crippen molar-refractivity contribution in [2.24, 2.45) is 0 Å². The predicted molar refractivity (Wildman–Crippen MR) is 105 cm³/mol. The molecule has 136 valence electrons. The Balaban J connectivity index is 1.40. The van der Waals surface area contributed by atoms with Crippen LogP contribution < -0.4 is 5.32 Å². The van der Waals surface area contributed by atoms with Gasteiger partial charge in [0.05, 0.1) is 6.04 Å². The minimum atomic E-state index is 0.0735. The van der Waals surface area contributed by atoms with Crippen molar-refractivity contribution in [3.05, 3.63) is 90.3 Å². The van der Waals surface area contributed by atoms with Crippen molar-refractivity contribution in [3.63, 3.8) is 0 Å². The molecule has 5 nitrogen and oxygen atoms in total. The number of rotatable bonds is 6. The van der Waals surface area contributed by atoms with Crippen molar-refractivity contribution in [1.82, 2.24) is 14.9 Å². The van der Waals surface area contributed by atoms with E-state index in [9.17, 15) is 4.79 Å². The number of carbonyl (C=O) groups excluding carboxylic acids is 1. The third kappa shape index (κ3) is 4.14. The first-order valence-electron chi connectivity index (χ1n) is 9.21. The van der Waals surface area contributed by atoms with Crippen molar-refractivity contribution in [1.29, 1.82) is 0 Å². The van der Waals surface area contributed by atoms with Gasteiger partial charge in [-0.15, -0.1) is 0 Å². The molecule has 0 unspecified atom stereocenters. The molecule has 1 amide bonds. The molecule has 0 bridgehead atoms. The summed E-state index contributed by atoms with van der Waals surface area (Å²) in [5, 5.41) is 3.26.